The molecular formula is C17H20N4OS. The van der Waals surface area contributed by atoms with Crippen molar-refractivity contribution in [3.05, 3.63) is 47.8 Å². The van der Waals surface area contributed by atoms with E-state index in [-0.39, 0.29) is 0 Å². The van der Waals surface area contributed by atoms with Crippen LogP contribution >= 0.6 is 11.3 Å². The van der Waals surface area contributed by atoms with Gasteiger partial charge in [0, 0.05) is 12.6 Å². The van der Waals surface area contributed by atoms with Gasteiger partial charge in [0.2, 0.25) is 10.1 Å². The molecule has 0 spiro atoms. The van der Waals surface area contributed by atoms with Crippen LogP contribution in [0.1, 0.15) is 36.6 Å². The maximum atomic E-state index is 10.5. The van der Waals surface area contributed by atoms with E-state index < -0.39 is 6.10 Å². The molecule has 0 radical (unpaired) electrons. The molecule has 3 aromatic rings. The van der Waals surface area contributed by atoms with Crippen molar-refractivity contribution in [1.82, 2.24) is 14.6 Å². The van der Waals surface area contributed by atoms with Crippen LogP contribution in [-0.2, 0) is 0 Å². The van der Waals surface area contributed by atoms with E-state index in [1.54, 1.807) is 11.3 Å². The molecule has 0 saturated carbocycles. The lowest BCUT2D eigenvalue weighted by atomic mass is 10.0. The Labute approximate surface area is 139 Å². The molecule has 6 heteroatoms. The Hall–Kier alpha value is -1.92. The number of aromatic nitrogens is 3. The smallest absolute Gasteiger partial charge is 0.214 e. The molecule has 2 atom stereocenters. The number of nitrogens with zero attached hydrogens (tertiary/aromatic N) is 4. The Morgan fingerprint density at radius 3 is 2.96 bits per heavy atom. The van der Waals surface area contributed by atoms with Gasteiger partial charge in [-0.3, -0.25) is 0 Å². The lowest BCUT2D eigenvalue weighted by molar-refractivity contribution is 0.158. The van der Waals surface area contributed by atoms with E-state index in [0.717, 1.165) is 47.2 Å². The Balaban J connectivity index is 1.53. The van der Waals surface area contributed by atoms with Crippen LogP contribution in [0.3, 0.4) is 0 Å². The van der Waals surface area contributed by atoms with Gasteiger partial charge in [-0.2, -0.15) is 0 Å². The molecule has 4 rings (SSSR count). The summed E-state index contributed by atoms with van der Waals surface area (Å²) in [6, 6.07) is 10.2. The lowest BCUT2D eigenvalue weighted by Crippen LogP contribution is -2.30. The molecule has 1 aromatic carbocycles. The molecule has 0 amide bonds. The minimum atomic E-state index is -0.423. The van der Waals surface area contributed by atoms with Gasteiger partial charge in [-0.05, 0) is 31.7 Å². The SMILES string of the molecule is Cc1cn2nc(N3CCC[C@@H]3C[C@@H](O)c3ccccc3)sc2n1. The van der Waals surface area contributed by atoms with E-state index in [0.29, 0.717) is 6.04 Å². The molecule has 0 bridgehead atoms. The van der Waals surface area contributed by atoms with Gasteiger partial charge in [-0.25, -0.2) is 9.50 Å². The number of aliphatic hydroxyl groups is 1. The average molecular weight is 328 g/mol. The molecule has 2 aromatic heterocycles. The number of hydrogen-bond acceptors (Lipinski definition) is 5. The van der Waals surface area contributed by atoms with Crippen molar-refractivity contribution in [2.45, 2.75) is 38.3 Å². The van der Waals surface area contributed by atoms with E-state index in [2.05, 4.69) is 15.0 Å². The molecule has 23 heavy (non-hydrogen) atoms. The molecule has 120 valence electrons. The van der Waals surface area contributed by atoms with Crippen LogP contribution in [0.4, 0.5) is 5.13 Å². The minimum Gasteiger partial charge on any atom is -0.388 e. The minimum absolute atomic E-state index is 0.335. The van der Waals surface area contributed by atoms with Gasteiger partial charge < -0.3 is 10.0 Å². The molecule has 0 aliphatic carbocycles. The van der Waals surface area contributed by atoms with Crippen LogP contribution in [0.5, 0.6) is 0 Å². The topological polar surface area (TPSA) is 53.7 Å². The normalized spacial score (nSPS) is 19.6. The number of aryl methyl sites for hydroxylation is 1. The van der Waals surface area contributed by atoms with E-state index >= 15 is 0 Å². The van der Waals surface area contributed by atoms with Crippen molar-refractivity contribution < 1.29 is 5.11 Å². The van der Waals surface area contributed by atoms with Crippen molar-refractivity contribution in [1.29, 1.82) is 0 Å². The van der Waals surface area contributed by atoms with Gasteiger partial charge >= 0.3 is 0 Å². The predicted octanol–water partition coefficient (Wildman–Crippen LogP) is 3.19. The summed E-state index contributed by atoms with van der Waals surface area (Å²) < 4.78 is 1.86. The lowest BCUT2D eigenvalue weighted by Gasteiger charge is -2.25. The summed E-state index contributed by atoms with van der Waals surface area (Å²) in [5, 5.41) is 16.2. The number of fused-ring (bicyclic) bond motifs is 1. The van der Waals surface area contributed by atoms with Crippen LogP contribution in [0.2, 0.25) is 0 Å². The van der Waals surface area contributed by atoms with E-state index in [4.69, 9.17) is 0 Å². The highest BCUT2D eigenvalue weighted by Crippen LogP contribution is 2.33. The van der Waals surface area contributed by atoms with Crippen LogP contribution in [0.15, 0.2) is 36.5 Å². The Bertz CT molecular complexity index is 766. The first-order valence-electron chi connectivity index (χ1n) is 8.03. The highest BCUT2D eigenvalue weighted by Gasteiger charge is 2.29. The molecule has 1 saturated heterocycles. The van der Waals surface area contributed by atoms with Crippen molar-refractivity contribution >= 4 is 21.4 Å². The maximum absolute atomic E-state index is 10.5. The Kier molecular flexibility index (Phi) is 3.79. The fourth-order valence-electron chi connectivity index (χ4n) is 3.32. The maximum Gasteiger partial charge on any atom is 0.214 e. The first-order valence-corrected chi connectivity index (χ1v) is 8.85. The average Bonchev–Trinajstić information content (AvgIpc) is 3.22. The second-order valence-electron chi connectivity index (χ2n) is 6.15. The number of rotatable bonds is 4. The van der Waals surface area contributed by atoms with Crippen LogP contribution in [0, 0.1) is 6.92 Å². The second-order valence-corrected chi connectivity index (χ2v) is 7.08. The van der Waals surface area contributed by atoms with Gasteiger partial charge in [0.1, 0.15) is 0 Å². The number of imidazole rings is 1. The third-order valence-corrected chi connectivity index (χ3v) is 5.42. The second kappa shape index (κ2) is 5.94. The summed E-state index contributed by atoms with van der Waals surface area (Å²) in [7, 11) is 0. The number of aliphatic hydroxyl groups excluding tert-OH is 1. The largest absolute Gasteiger partial charge is 0.388 e. The summed E-state index contributed by atoms with van der Waals surface area (Å²) in [6.45, 7) is 2.98. The number of hydrogen-bond donors (Lipinski definition) is 1. The van der Waals surface area contributed by atoms with Crippen molar-refractivity contribution in [3.63, 3.8) is 0 Å². The fourth-order valence-corrected chi connectivity index (χ4v) is 4.34. The van der Waals surface area contributed by atoms with Crippen molar-refractivity contribution in [2.24, 2.45) is 0 Å². The Morgan fingerprint density at radius 2 is 2.17 bits per heavy atom. The zero-order valence-electron chi connectivity index (χ0n) is 13.1. The summed E-state index contributed by atoms with van der Waals surface area (Å²) in [6.07, 6.45) is 4.52. The first kappa shape index (κ1) is 14.7. The molecule has 5 nitrogen and oxygen atoms in total. The molecule has 0 unspecified atom stereocenters. The van der Waals surface area contributed by atoms with Gasteiger partial charge in [0.25, 0.3) is 0 Å². The highest BCUT2D eigenvalue weighted by molar-refractivity contribution is 7.20. The zero-order valence-corrected chi connectivity index (χ0v) is 13.9. The summed E-state index contributed by atoms with van der Waals surface area (Å²) in [5.41, 5.74) is 1.98. The molecular weight excluding hydrogens is 308 g/mol. The molecule has 1 N–H and O–H groups in total. The summed E-state index contributed by atoms with van der Waals surface area (Å²) in [4.78, 5) is 7.75. The van der Waals surface area contributed by atoms with Crippen molar-refractivity contribution in [2.75, 3.05) is 11.4 Å². The Morgan fingerprint density at radius 1 is 1.35 bits per heavy atom. The van der Waals surface area contributed by atoms with Crippen LogP contribution < -0.4 is 4.90 Å². The van der Waals surface area contributed by atoms with E-state index in [1.165, 1.54) is 0 Å². The summed E-state index contributed by atoms with van der Waals surface area (Å²) in [5.74, 6) is 0. The fraction of sp³-hybridized carbons (Fsp3) is 0.412. The quantitative estimate of drug-likeness (QED) is 0.799. The van der Waals surface area contributed by atoms with E-state index in [1.807, 2.05) is 48.0 Å². The molecule has 1 aliphatic heterocycles. The van der Waals surface area contributed by atoms with Gasteiger partial charge in [-0.1, -0.05) is 41.7 Å². The third-order valence-electron chi connectivity index (χ3n) is 4.46. The van der Waals surface area contributed by atoms with Crippen LogP contribution in [-0.4, -0.2) is 32.3 Å². The molecule has 1 aliphatic rings. The summed E-state index contributed by atoms with van der Waals surface area (Å²) >= 11 is 1.63. The monoisotopic (exact) mass is 328 g/mol. The van der Waals surface area contributed by atoms with Gasteiger partial charge in [-0.15, -0.1) is 5.10 Å². The van der Waals surface area contributed by atoms with Gasteiger partial charge in [0.05, 0.1) is 18.0 Å². The third kappa shape index (κ3) is 2.84. The van der Waals surface area contributed by atoms with E-state index in [9.17, 15) is 5.11 Å². The number of anilines is 1. The van der Waals surface area contributed by atoms with Gasteiger partial charge in [0.15, 0.2) is 0 Å². The van der Waals surface area contributed by atoms with Crippen LogP contribution in [0.25, 0.3) is 4.96 Å². The predicted molar refractivity (Wildman–Crippen MR) is 92.0 cm³/mol. The number of benzene rings is 1. The molecule has 1 fully saturated rings. The highest BCUT2D eigenvalue weighted by atomic mass is 32.1. The zero-order chi connectivity index (χ0) is 15.8. The van der Waals surface area contributed by atoms with Crippen molar-refractivity contribution in [3.8, 4) is 0 Å². The first-order chi connectivity index (χ1) is 11.2. The standard InChI is InChI=1S/C17H20N4OS/c1-12-11-21-16(18-12)23-17(19-21)20-9-5-8-14(20)10-15(22)13-6-3-2-4-7-13/h2-4,6-7,11,14-15,22H,5,8-10H2,1H3/t14-,15-/m1/s1. The molecule has 3 heterocycles.